The molecule has 0 saturated heterocycles. The molecule has 1 atom stereocenters. The minimum Gasteiger partial charge on any atom is -0.271 e. The van der Waals surface area contributed by atoms with Crippen molar-refractivity contribution in [2.45, 2.75) is 18.9 Å². The standard InChI is InChI=1S/C15H14BrCl2FN2/c16-14-4-3-12(19)5-10(14)7-13(21-20)6-9-1-2-11(17)8-15(9)18/h1-5,8,13,21H,6-7,20H2. The van der Waals surface area contributed by atoms with Gasteiger partial charge in [0, 0.05) is 20.6 Å². The molecule has 112 valence electrons. The van der Waals surface area contributed by atoms with Crippen LogP contribution in [0.5, 0.6) is 0 Å². The predicted octanol–water partition coefficient (Wildman–Crippen LogP) is 4.51. The van der Waals surface area contributed by atoms with Crippen LogP contribution in [-0.4, -0.2) is 6.04 Å². The van der Waals surface area contributed by atoms with Crippen molar-refractivity contribution < 1.29 is 4.39 Å². The van der Waals surface area contributed by atoms with Crippen LogP contribution in [0, 0.1) is 5.82 Å². The summed E-state index contributed by atoms with van der Waals surface area (Å²) in [5, 5.41) is 1.19. The van der Waals surface area contributed by atoms with Gasteiger partial charge in [0.2, 0.25) is 0 Å². The molecule has 21 heavy (non-hydrogen) atoms. The van der Waals surface area contributed by atoms with Crippen LogP contribution in [0.4, 0.5) is 4.39 Å². The van der Waals surface area contributed by atoms with Gasteiger partial charge >= 0.3 is 0 Å². The van der Waals surface area contributed by atoms with Gasteiger partial charge in [-0.05, 0) is 54.3 Å². The SMILES string of the molecule is NNC(Cc1ccc(Cl)cc1Cl)Cc1cc(F)ccc1Br. The Kier molecular flexibility index (Phi) is 6.02. The molecule has 0 aromatic heterocycles. The number of halogens is 4. The smallest absolute Gasteiger partial charge is 0.123 e. The van der Waals surface area contributed by atoms with E-state index >= 15 is 0 Å². The van der Waals surface area contributed by atoms with Gasteiger partial charge in [-0.25, -0.2) is 4.39 Å². The third kappa shape index (κ3) is 4.66. The molecule has 1 unspecified atom stereocenters. The Hall–Kier alpha value is -0.650. The molecule has 0 fully saturated rings. The molecule has 0 amide bonds. The van der Waals surface area contributed by atoms with Crippen LogP contribution in [0.25, 0.3) is 0 Å². The fraction of sp³-hybridized carbons (Fsp3) is 0.200. The molecule has 2 rings (SSSR count). The van der Waals surface area contributed by atoms with E-state index in [1.165, 1.54) is 12.1 Å². The van der Waals surface area contributed by atoms with Gasteiger partial charge in [-0.1, -0.05) is 45.2 Å². The summed E-state index contributed by atoms with van der Waals surface area (Å²) in [6, 6.07) is 9.88. The summed E-state index contributed by atoms with van der Waals surface area (Å²) in [6.07, 6.45) is 1.20. The quantitative estimate of drug-likeness (QED) is 0.581. The normalized spacial score (nSPS) is 12.4. The average molecular weight is 392 g/mol. The second-order valence-electron chi connectivity index (χ2n) is 4.74. The number of rotatable bonds is 5. The summed E-state index contributed by atoms with van der Waals surface area (Å²) >= 11 is 15.5. The Labute approximate surface area is 141 Å². The number of hydrogen-bond donors (Lipinski definition) is 2. The van der Waals surface area contributed by atoms with Crippen LogP contribution in [0.1, 0.15) is 11.1 Å². The van der Waals surface area contributed by atoms with E-state index < -0.39 is 0 Å². The van der Waals surface area contributed by atoms with Crippen LogP contribution in [0.3, 0.4) is 0 Å². The Morgan fingerprint density at radius 3 is 2.48 bits per heavy atom. The maximum absolute atomic E-state index is 13.3. The highest BCUT2D eigenvalue weighted by molar-refractivity contribution is 9.10. The average Bonchev–Trinajstić information content (AvgIpc) is 2.44. The lowest BCUT2D eigenvalue weighted by atomic mass is 9.99. The van der Waals surface area contributed by atoms with E-state index in [0.29, 0.717) is 22.9 Å². The van der Waals surface area contributed by atoms with Gasteiger partial charge in [0.1, 0.15) is 5.82 Å². The zero-order valence-electron chi connectivity index (χ0n) is 11.0. The van der Waals surface area contributed by atoms with Gasteiger partial charge in [0.25, 0.3) is 0 Å². The van der Waals surface area contributed by atoms with Crippen molar-refractivity contribution in [3.05, 3.63) is 67.9 Å². The molecule has 0 bridgehead atoms. The van der Waals surface area contributed by atoms with Crippen LogP contribution in [-0.2, 0) is 12.8 Å². The largest absolute Gasteiger partial charge is 0.271 e. The van der Waals surface area contributed by atoms with Gasteiger partial charge in [0.15, 0.2) is 0 Å². The topological polar surface area (TPSA) is 38.0 Å². The molecule has 0 heterocycles. The molecule has 0 aliphatic carbocycles. The fourth-order valence-electron chi connectivity index (χ4n) is 2.11. The van der Waals surface area contributed by atoms with Gasteiger partial charge in [-0.15, -0.1) is 0 Å². The highest BCUT2D eigenvalue weighted by atomic mass is 79.9. The van der Waals surface area contributed by atoms with Crippen LogP contribution >= 0.6 is 39.1 Å². The number of nitrogens with one attached hydrogen (secondary N) is 1. The highest BCUT2D eigenvalue weighted by Gasteiger charge is 2.13. The fourth-order valence-corrected chi connectivity index (χ4v) is 3.00. The van der Waals surface area contributed by atoms with E-state index in [2.05, 4.69) is 21.4 Å². The third-order valence-corrected chi connectivity index (χ3v) is 4.55. The molecule has 0 spiro atoms. The van der Waals surface area contributed by atoms with E-state index in [1.807, 2.05) is 6.07 Å². The van der Waals surface area contributed by atoms with Crippen molar-refractivity contribution in [2.24, 2.45) is 5.84 Å². The number of nitrogens with two attached hydrogens (primary N) is 1. The van der Waals surface area contributed by atoms with E-state index in [-0.39, 0.29) is 11.9 Å². The second-order valence-corrected chi connectivity index (χ2v) is 6.44. The lowest BCUT2D eigenvalue weighted by Crippen LogP contribution is -2.38. The van der Waals surface area contributed by atoms with Crippen molar-refractivity contribution in [3.8, 4) is 0 Å². The van der Waals surface area contributed by atoms with Crippen LogP contribution in [0.15, 0.2) is 40.9 Å². The van der Waals surface area contributed by atoms with Crippen molar-refractivity contribution in [2.75, 3.05) is 0 Å². The summed E-state index contributed by atoms with van der Waals surface area (Å²) in [4.78, 5) is 0. The maximum atomic E-state index is 13.3. The lowest BCUT2D eigenvalue weighted by Gasteiger charge is -2.18. The Morgan fingerprint density at radius 1 is 1.10 bits per heavy atom. The van der Waals surface area contributed by atoms with E-state index in [9.17, 15) is 4.39 Å². The first kappa shape index (κ1) is 16.7. The predicted molar refractivity (Wildman–Crippen MR) is 89.1 cm³/mol. The molecule has 0 aliphatic rings. The molecule has 6 heteroatoms. The zero-order chi connectivity index (χ0) is 15.4. The molecular weight excluding hydrogens is 378 g/mol. The summed E-state index contributed by atoms with van der Waals surface area (Å²) in [7, 11) is 0. The zero-order valence-corrected chi connectivity index (χ0v) is 14.1. The molecular formula is C15H14BrCl2FN2. The molecule has 3 N–H and O–H groups in total. The Bertz CT molecular complexity index is 637. The molecule has 0 aliphatic heterocycles. The van der Waals surface area contributed by atoms with Crippen molar-refractivity contribution in [1.82, 2.24) is 5.43 Å². The number of benzene rings is 2. The summed E-state index contributed by atoms with van der Waals surface area (Å²) in [5.74, 6) is 5.34. The first-order valence-electron chi connectivity index (χ1n) is 6.33. The third-order valence-electron chi connectivity index (χ3n) is 3.19. The van der Waals surface area contributed by atoms with E-state index in [1.54, 1.807) is 18.2 Å². The lowest BCUT2D eigenvalue weighted by molar-refractivity contribution is 0.519. The molecule has 2 aromatic carbocycles. The number of hydrogen-bond acceptors (Lipinski definition) is 2. The Balaban J connectivity index is 2.14. The Morgan fingerprint density at radius 2 is 1.81 bits per heavy atom. The minimum absolute atomic E-state index is 0.0678. The maximum Gasteiger partial charge on any atom is 0.123 e. The van der Waals surface area contributed by atoms with Gasteiger partial charge in [-0.2, -0.15) is 0 Å². The van der Waals surface area contributed by atoms with Crippen molar-refractivity contribution >= 4 is 39.1 Å². The van der Waals surface area contributed by atoms with Gasteiger partial charge < -0.3 is 0 Å². The van der Waals surface area contributed by atoms with E-state index in [4.69, 9.17) is 29.0 Å². The minimum atomic E-state index is -0.270. The van der Waals surface area contributed by atoms with Crippen molar-refractivity contribution in [3.63, 3.8) is 0 Å². The molecule has 2 nitrogen and oxygen atoms in total. The second kappa shape index (κ2) is 7.56. The molecule has 0 radical (unpaired) electrons. The van der Waals surface area contributed by atoms with Crippen LogP contribution < -0.4 is 11.3 Å². The first-order valence-corrected chi connectivity index (χ1v) is 7.88. The summed E-state index contributed by atoms with van der Waals surface area (Å²) < 4.78 is 14.2. The molecule has 2 aromatic rings. The first-order chi connectivity index (χ1) is 9.99. The van der Waals surface area contributed by atoms with E-state index in [0.717, 1.165) is 15.6 Å². The van der Waals surface area contributed by atoms with Gasteiger partial charge in [-0.3, -0.25) is 11.3 Å². The monoisotopic (exact) mass is 390 g/mol. The summed E-state index contributed by atoms with van der Waals surface area (Å²) in [6.45, 7) is 0. The number of hydrazine groups is 1. The van der Waals surface area contributed by atoms with Gasteiger partial charge in [0.05, 0.1) is 0 Å². The van der Waals surface area contributed by atoms with Crippen molar-refractivity contribution in [1.29, 1.82) is 0 Å². The molecule has 0 saturated carbocycles. The van der Waals surface area contributed by atoms with Crippen LogP contribution in [0.2, 0.25) is 10.0 Å². The summed E-state index contributed by atoms with van der Waals surface area (Å²) in [5.41, 5.74) is 4.54. The highest BCUT2D eigenvalue weighted by Crippen LogP contribution is 2.24.